The van der Waals surface area contributed by atoms with Gasteiger partial charge < -0.3 is 10.1 Å². The van der Waals surface area contributed by atoms with E-state index < -0.39 is 11.9 Å². The molecule has 5 nitrogen and oxygen atoms in total. The summed E-state index contributed by atoms with van der Waals surface area (Å²) in [6.07, 6.45) is -4.56. The maximum atomic E-state index is 13.3. The predicted octanol–water partition coefficient (Wildman–Crippen LogP) is 4.63. The molecule has 3 rings (SSSR count). The third kappa shape index (κ3) is 5.07. The summed E-state index contributed by atoms with van der Waals surface area (Å²) in [6.45, 7) is 5.12. The van der Waals surface area contributed by atoms with Crippen molar-refractivity contribution in [2.75, 3.05) is 19.8 Å². The van der Waals surface area contributed by atoms with E-state index >= 15 is 0 Å². The van der Waals surface area contributed by atoms with Crippen molar-refractivity contribution in [3.8, 4) is 16.9 Å². The van der Waals surface area contributed by atoms with E-state index in [0.29, 0.717) is 42.3 Å². The van der Waals surface area contributed by atoms with E-state index in [-0.39, 0.29) is 5.91 Å². The van der Waals surface area contributed by atoms with Crippen LogP contribution in [-0.4, -0.2) is 35.4 Å². The number of rotatable bonds is 7. The summed E-state index contributed by atoms with van der Waals surface area (Å²) in [5, 5.41) is 6.49. The molecule has 158 valence electrons. The molecule has 0 atom stereocenters. The van der Waals surface area contributed by atoms with Crippen LogP contribution in [0.25, 0.3) is 16.9 Å². The molecule has 1 N–H and O–H groups in total. The van der Waals surface area contributed by atoms with Crippen LogP contribution in [-0.2, 0) is 10.9 Å². The molecule has 0 bridgehead atoms. The number of hydrogen-bond donors (Lipinski definition) is 1. The maximum Gasteiger partial charge on any atom is 0.435 e. The molecule has 3 aromatic rings. The van der Waals surface area contributed by atoms with Crippen LogP contribution >= 0.6 is 0 Å². The number of aromatic nitrogens is 2. The molecule has 30 heavy (non-hydrogen) atoms. The van der Waals surface area contributed by atoms with Crippen LogP contribution in [0.4, 0.5) is 13.2 Å². The summed E-state index contributed by atoms with van der Waals surface area (Å²) < 4.78 is 46.3. The quantitative estimate of drug-likeness (QED) is 0.570. The average Bonchev–Trinajstić information content (AvgIpc) is 3.18. The van der Waals surface area contributed by atoms with Crippen LogP contribution in [0.3, 0.4) is 0 Å². The fraction of sp³-hybridized carbons (Fsp3) is 0.273. The van der Waals surface area contributed by atoms with Crippen molar-refractivity contribution in [3.63, 3.8) is 0 Å². The fourth-order valence-corrected chi connectivity index (χ4v) is 2.88. The monoisotopic (exact) mass is 417 g/mol. The first-order valence-electron chi connectivity index (χ1n) is 9.50. The Bertz CT molecular complexity index is 994. The van der Waals surface area contributed by atoms with Crippen molar-refractivity contribution in [1.29, 1.82) is 0 Å². The minimum absolute atomic E-state index is 0.281. The number of carbonyl (C=O) groups is 1. The van der Waals surface area contributed by atoms with Crippen LogP contribution in [0.1, 0.15) is 28.5 Å². The van der Waals surface area contributed by atoms with E-state index in [0.717, 1.165) is 11.6 Å². The van der Waals surface area contributed by atoms with E-state index in [2.05, 4.69) is 10.4 Å². The van der Waals surface area contributed by atoms with Crippen LogP contribution in [0.15, 0.2) is 54.6 Å². The first-order chi connectivity index (χ1) is 14.3. The van der Waals surface area contributed by atoms with Crippen LogP contribution in [0, 0.1) is 6.92 Å². The van der Waals surface area contributed by atoms with Gasteiger partial charge in [0.05, 0.1) is 18.0 Å². The van der Waals surface area contributed by atoms with Crippen LogP contribution < -0.4 is 5.32 Å². The summed E-state index contributed by atoms with van der Waals surface area (Å²) >= 11 is 0. The molecule has 0 unspecified atom stereocenters. The number of carbonyl (C=O) groups excluding carboxylic acids is 1. The predicted molar refractivity (Wildman–Crippen MR) is 108 cm³/mol. The molecule has 1 amide bonds. The van der Waals surface area contributed by atoms with Crippen molar-refractivity contribution < 1.29 is 22.7 Å². The molecule has 8 heteroatoms. The third-order valence-electron chi connectivity index (χ3n) is 4.46. The van der Waals surface area contributed by atoms with Gasteiger partial charge in [-0.25, -0.2) is 4.68 Å². The number of benzene rings is 2. The van der Waals surface area contributed by atoms with Gasteiger partial charge in [-0.05, 0) is 44.2 Å². The number of amides is 1. The molecular weight excluding hydrogens is 395 g/mol. The van der Waals surface area contributed by atoms with E-state index in [1.54, 1.807) is 36.4 Å². The second kappa shape index (κ2) is 9.13. The lowest BCUT2D eigenvalue weighted by Gasteiger charge is -2.10. The normalized spacial score (nSPS) is 11.5. The molecule has 0 spiro atoms. The summed E-state index contributed by atoms with van der Waals surface area (Å²) in [6, 6.07) is 14.4. The smallest absolute Gasteiger partial charge is 0.380 e. The molecule has 0 aliphatic carbocycles. The highest BCUT2D eigenvalue weighted by molar-refractivity contribution is 5.94. The Hall–Kier alpha value is -3.13. The van der Waals surface area contributed by atoms with Crippen LogP contribution in [0.2, 0.25) is 0 Å². The van der Waals surface area contributed by atoms with Crippen LogP contribution in [0.5, 0.6) is 0 Å². The molecule has 0 aliphatic heterocycles. The number of ether oxygens (including phenoxy) is 1. The summed E-state index contributed by atoms with van der Waals surface area (Å²) in [7, 11) is 0. The highest BCUT2D eigenvalue weighted by atomic mass is 19.4. The van der Waals surface area contributed by atoms with Gasteiger partial charge in [0.2, 0.25) is 0 Å². The minimum atomic E-state index is -4.56. The molecule has 1 heterocycles. The number of alkyl halides is 3. The molecule has 0 saturated carbocycles. The summed E-state index contributed by atoms with van der Waals surface area (Å²) in [5.74, 6) is -0.281. The summed E-state index contributed by atoms with van der Waals surface area (Å²) in [4.78, 5) is 12.2. The Morgan fingerprint density at radius 1 is 1.10 bits per heavy atom. The second-order valence-corrected chi connectivity index (χ2v) is 6.69. The Balaban J connectivity index is 1.90. The van der Waals surface area contributed by atoms with Gasteiger partial charge in [-0.1, -0.05) is 29.8 Å². The molecule has 0 radical (unpaired) electrons. The van der Waals surface area contributed by atoms with Gasteiger partial charge in [-0.15, -0.1) is 0 Å². The molecule has 1 aromatic heterocycles. The Morgan fingerprint density at radius 3 is 2.37 bits per heavy atom. The number of nitrogens with zero attached hydrogens (tertiary/aromatic N) is 2. The minimum Gasteiger partial charge on any atom is -0.380 e. The van der Waals surface area contributed by atoms with Crippen molar-refractivity contribution in [2.45, 2.75) is 20.0 Å². The number of halogens is 3. The van der Waals surface area contributed by atoms with Gasteiger partial charge in [-0.3, -0.25) is 4.79 Å². The average molecular weight is 417 g/mol. The van der Waals surface area contributed by atoms with Crippen molar-refractivity contribution in [3.05, 3.63) is 71.4 Å². The highest BCUT2D eigenvalue weighted by Gasteiger charge is 2.35. The Morgan fingerprint density at radius 2 is 1.77 bits per heavy atom. The fourth-order valence-electron chi connectivity index (χ4n) is 2.88. The lowest BCUT2D eigenvalue weighted by atomic mass is 10.1. The molecule has 0 saturated heterocycles. The standard InChI is InChI=1S/C22H22F3N3O2/c1-3-30-13-12-26-21(29)17-8-10-18(11-9-17)28-19(14-20(27-28)22(23,24)25)16-6-4-15(2)5-7-16/h4-11,14H,3,12-13H2,1-2H3,(H,26,29). The zero-order valence-corrected chi connectivity index (χ0v) is 16.7. The number of nitrogens with one attached hydrogen (secondary N) is 1. The Labute approximate surface area is 172 Å². The van der Waals surface area contributed by atoms with Crippen molar-refractivity contribution in [2.24, 2.45) is 0 Å². The zero-order chi connectivity index (χ0) is 21.7. The second-order valence-electron chi connectivity index (χ2n) is 6.69. The molecule has 2 aromatic carbocycles. The maximum absolute atomic E-state index is 13.3. The van der Waals surface area contributed by atoms with E-state index in [1.807, 2.05) is 26.0 Å². The number of aryl methyl sites for hydroxylation is 1. The van der Waals surface area contributed by atoms with E-state index in [1.165, 1.54) is 4.68 Å². The molecule has 0 aliphatic rings. The van der Waals surface area contributed by atoms with Crippen molar-refractivity contribution in [1.82, 2.24) is 15.1 Å². The molecular formula is C22H22F3N3O2. The lowest BCUT2D eigenvalue weighted by molar-refractivity contribution is -0.141. The topological polar surface area (TPSA) is 56.1 Å². The largest absolute Gasteiger partial charge is 0.435 e. The Kier molecular flexibility index (Phi) is 6.56. The van der Waals surface area contributed by atoms with Gasteiger partial charge in [0.15, 0.2) is 5.69 Å². The number of hydrogen-bond acceptors (Lipinski definition) is 3. The van der Waals surface area contributed by atoms with Gasteiger partial charge in [-0.2, -0.15) is 18.3 Å². The highest BCUT2D eigenvalue weighted by Crippen LogP contribution is 2.33. The molecule has 0 fully saturated rings. The van der Waals surface area contributed by atoms with Gasteiger partial charge >= 0.3 is 6.18 Å². The lowest BCUT2D eigenvalue weighted by Crippen LogP contribution is -2.27. The van der Waals surface area contributed by atoms with Gasteiger partial charge in [0.1, 0.15) is 0 Å². The first-order valence-corrected chi connectivity index (χ1v) is 9.50. The third-order valence-corrected chi connectivity index (χ3v) is 4.46. The first kappa shape index (κ1) is 21.6. The SMILES string of the molecule is CCOCCNC(=O)c1ccc(-n2nc(C(F)(F)F)cc2-c2ccc(C)cc2)cc1. The van der Waals surface area contributed by atoms with Gasteiger partial charge in [0, 0.05) is 24.3 Å². The van der Waals surface area contributed by atoms with E-state index in [9.17, 15) is 18.0 Å². The van der Waals surface area contributed by atoms with E-state index in [4.69, 9.17) is 4.74 Å². The summed E-state index contributed by atoms with van der Waals surface area (Å²) in [5.41, 5.74) is 1.77. The van der Waals surface area contributed by atoms with Gasteiger partial charge in [0.25, 0.3) is 5.91 Å². The van der Waals surface area contributed by atoms with Crippen molar-refractivity contribution >= 4 is 5.91 Å². The zero-order valence-electron chi connectivity index (χ0n) is 16.7.